The van der Waals surface area contributed by atoms with Crippen LogP contribution < -0.4 is 10.6 Å². The Balaban J connectivity index is 2.75. The van der Waals surface area contributed by atoms with E-state index in [2.05, 4.69) is 10.6 Å². The fourth-order valence-electron chi connectivity index (χ4n) is 1.63. The van der Waals surface area contributed by atoms with E-state index in [0.717, 1.165) is 6.20 Å². The summed E-state index contributed by atoms with van der Waals surface area (Å²) in [5.74, 6) is -1.14. The van der Waals surface area contributed by atoms with Crippen molar-refractivity contribution in [3.8, 4) is 11.8 Å². The molecule has 1 atom stereocenters. The summed E-state index contributed by atoms with van der Waals surface area (Å²) in [5, 5.41) is 32.5. The van der Waals surface area contributed by atoms with Crippen LogP contribution in [0.1, 0.15) is 6.42 Å². The molecule has 0 fully saturated rings. The number of nitrogens with zero attached hydrogens (tertiary/aromatic N) is 1. The number of nitriles is 1. The zero-order chi connectivity index (χ0) is 17.2. The van der Waals surface area contributed by atoms with Gasteiger partial charge in [0.1, 0.15) is 23.4 Å². The molecule has 1 aromatic rings. The smallest absolute Gasteiger partial charge is 0.326 e. The number of anilines is 1. The summed E-state index contributed by atoms with van der Waals surface area (Å²) in [5.41, 5.74) is 0.0667. The average Bonchev–Trinajstić information content (AvgIpc) is 2.50. The lowest BCUT2D eigenvalue weighted by Gasteiger charge is -2.12. The molecule has 122 valence electrons. The van der Waals surface area contributed by atoms with Gasteiger partial charge in [0, 0.05) is 18.0 Å². The van der Waals surface area contributed by atoms with Crippen molar-refractivity contribution in [1.29, 1.82) is 5.26 Å². The van der Waals surface area contributed by atoms with Gasteiger partial charge in [-0.1, -0.05) is 6.07 Å². The minimum Gasteiger partial charge on any atom is -0.508 e. The SMILES string of the molecule is CSCCC(N/C=C(/C#N)C(=O)Nc1cccc(O)c1)C(=O)O. The van der Waals surface area contributed by atoms with E-state index in [-0.39, 0.29) is 11.3 Å². The minimum atomic E-state index is -1.05. The summed E-state index contributed by atoms with van der Waals surface area (Å²) in [6.45, 7) is 0. The molecule has 1 aromatic carbocycles. The normalized spacial score (nSPS) is 12.1. The number of carboxylic acids is 1. The molecule has 0 aliphatic rings. The van der Waals surface area contributed by atoms with E-state index in [1.807, 2.05) is 6.26 Å². The standard InChI is InChI=1S/C15H17N3O4S/c1-23-6-5-13(15(21)22)17-9-10(8-16)14(20)18-11-3-2-4-12(19)7-11/h2-4,7,9,13,17,19H,5-6H2,1H3,(H,18,20)(H,21,22)/b10-9-. The van der Waals surface area contributed by atoms with Crippen LogP contribution in [0.15, 0.2) is 36.0 Å². The molecule has 1 amide bonds. The van der Waals surface area contributed by atoms with Gasteiger partial charge in [-0.05, 0) is 30.6 Å². The van der Waals surface area contributed by atoms with Crippen molar-refractivity contribution >= 4 is 29.3 Å². The first-order valence-electron chi connectivity index (χ1n) is 6.66. The highest BCUT2D eigenvalue weighted by Crippen LogP contribution is 2.16. The van der Waals surface area contributed by atoms with Crippen LogP contribution in [0.3, 0.4) is 0 Å². The van der Waals surface area contributed by atoms with Crippen molar-refractivity contribution in [3.63, 3.8) is 0 Å². The zero-order valence-electron chi connectivity index (χ0n) is 12.4. The van der Waals surface area contributed by atoms with Gasteiger partial charge in [0.05, 0.1) is 0 Å². The van der Waals surface area contributed by atoms with Crippen LogP contribution in [0.5, 0.6) is 5.75 Å². The predicted octanol–water partition coefficient (Wildman–Crippen LogP) is 1.53. The second-order valence-corrected chi connectivity index (χ2v) is 5.50. The third-order valence-corrected chi connectivity index (χ3v) is 3.45. The monoisotopic (exact) mass is 335 g/mol. The lowest BCUT2D eigenvalue weighted by Crippen LogP contribution is -2.34. The first-order chi connectivity index (χ1) is 11.0. The lowest BCUT2D eigenvalue weighted by molar-refractivity contribution is -0.139. The molecule has 23 heavy (non-hydrogen) atoms. The number of thioether (sulfide) groups is 1. The first kappa shape index (κ1) is 18.4. The maximum absolute atomic E-state index is 12.0. The van der Waals surface area contributed by atoms with Crippen molar-refractivity contribution in [2.24, 2.45) is 0 Å². The Kier molecular flexibility index (Phi) is 7.50. The summed E-state index contributed by atoms with van der Waals surface area (Å²) >= 11 is 1.50. The van der Waals surface area contributed by atoms with Gasteiger partial charge in [0.2, 0.25) is 0 Å². The van der Waals surface area contributed by atoms with Gasteiger partial charge in [-0.2, -0.15) is 17.0 Å². The van der Waals surface area contributed by atoms with Crippen LogP contribution in [0.4, 0.5) is 5.69 Å². The largest absolute Gasteiger partial charge is 0.508 e. The Morgan fingerprint density at radius 3 is 2.78 bits per heavy atom. The molecule has 0 heterocycles. The topological polar surface area (TPSA) is 122 Å². The average molecular weight is 335 g/mol. The van der Waals surface area contributed by atoms with Crippen molar-refractivity contribution < 1.29 is 19.8 Å². The molecule has 0 aliphatic heterocycles. The quantitative estimate of drug-likeness (QED) is 0.420. The summed E-state index contributed by atoms with van der Waals surface area (Å²) in [6.07, 6.45) is 3.31. The molecule has 0 bridgehead atoms. The number of hydrogen-bond donors (Lipinski definition) is 4. The number of amides is 1. The van der Waals surface area contributed by atoms with Crippen LogP contribution >= 0.6 is 11.8 Å². The molecule has 0 aromatic heterocycles. The highest BCUT2D eigenvalue weighted by atomic mass is 32.2. The zero-order valence-corrected chi connectivity index (χ0v) is 13.3. The van der Waals surface area contributed by atoms with E-state index < -0.39 is 17.9 Å². The van der Waals surface area contributed by atoms with E-state index in [1.165, 1.54) is 23.9 Å². The maximum Gasteiger partial charge on any atom is 0.326 e. The van der Waals surface area contributed by atoms with E-state index in [4.69, 9.17) is 10.4 Å². The second kappa shape index (κ2) is 9.38. The van der Waals surface area contributed by atoms with Crippen LogP contribution in [0.25, 0.3) is 0 Å². The van der Waals surface area contributed by atoms with Gasteiger partial charge in [0.15, 0.2) is 0 Å². The molecule has 1 rings (SSSR count). The molecule has 0 radical (unpaired) electrons. The summed E-state index contributed by atoms with van der Waals surface area (Å²) in [6, 6.07) is 6.71. The van der Waals surface area contributed by atoms with E-state index in [9.17, 15) is 14.7 Å². The summed E-state index contributed by atoms with van der Waals surface area (Å²) < 4.78 is 0. The predicted molar refractivity (Wildman–Crippen MR) is 88.0 cm³/mol. The number of nitrogens with one attached hydrogen (secondary N) is 2. The molecule has 0 saturated carbocycles. The Labute approximate surface area is 138 Å². The van der Waals surface area contributed by atoms with Gasteiger partial charge in [-0.15, -0.1) is 0 Å². The molecule has 7 nitrogen and oxygen atoms in total. The Hall–Kier alpha value is -2.66. The third kappa shape index (κ3) is 6.32. The molecule has 4 N–H and O–H groups in total. The highest BCUT2D eigenvalue weighted by Gasteiger charge is 2.16. The van der Waals surface area contributed by atoms with Crippen LogP contribution in [0.2, 0.25) is 0 Å². The molecule has 0 saturated heterocycles. The van der Waals surface area contributed by atoms with Gasteiger partial charge in [-0.3, -0.25) is 4.79 Å². The second-order valence-electron chi connectivity index (χ2n) is 4.51. The Morgan fingerprint density at radius 2 is 2.22 bits per heavy atom. The molecule has 8 heteroatoms. The number of rotatable bonds is 8. The van der Waals surface area contributed by atoms with Crippen molar-refractivity contribution in [3.05, 3.63) is 36.0 Å². The number of phenols is 1. The van der Waals surface area contributed by atoms with E-state index in [0.29, 0.717) is 17.9 Å². The van der Waals surface area contributed by atoms with Crippen LogP contribution in [-0.4, -0.2) is 40.1 Å². The fraction of sp³-hybridized carbons (Fsp3) is 0.267. The number of carbonyl (C=O) groups is 2. The van der Waals surface area contributed by atoms with Crippen molar-refractivity contribution in [2.45, 2.75) is 12.5 Å². The number of hydrogen-bond acceptors (Lipinski definition) is 6. The fourth-order valence-corrected chi connectivity index (χ4v) is 2.10. The van der Waals surface area contributed by atoms with Crippen LogP contribution in [-0.2, 0) is 9.59 Å². The molecular weight excluding hydrogens is 318 g/mol. The number of carbonyl (C=O) groups excluding carboxylic acids is 1. The summed E-state index contributed by atoms with van der Waals surface area (Å²) in [7, 11) is 0. The third-order valence-electron chi connectivity index (χ3n) is 2.81. The maximum atomic E-state index is 12.0. The van der Waals surface area contributed by atoms with Crippen LogP contribution in [0, 0.1) is 11.3 Å². The summed E-state index contributed by atoms with van der Waals surface area (Å²) in [4.78, 5) is 23.1. The number of aromatic hydroxyl groups is 1. The first-order valence-corrected chi connectivity index (χ1v) is 8.05. The van der Waals surface area contributed by atoms with Gasteiger partial charge in [0.25, 0.3) is 5.91 Å². The van der Waals surface area contributed by atoms with Gasteiger partial charge < -0.3 is 20.8 Å². The molecule has 0 spiro atoms. The molecule has 1 unspecified atom stereocenters. The highest BCUT2D eigenvalue weighted by molar-refractivity contribution is 7.98. The number of benzene rings is 1. The van der Waals surface area contributed by atoms with Gasteiger partial charge >= 0.3 is 5.97 Å². The number of carboxylic acid groups (broad SMARTS) is 1. The van der Waals surface area contributed by atoms with Crippen molar-refractivity contribution in [2.75, 3.05) is 17.3 Å². The van der Waals surface area contributed by atoms with Crippen molar-refractivity contribution in [1.82, 2.24) is 5.32 Å². The minimum absolute atomic E-state index is 0.0218. The van der Waals surface area contributed by atoms with E-state index >= 15 is 0 Å². The number of phenolic OH excluding ortho intramolecular Hbond substituents is 1. The number of aliphatic carboxylic acids is 1. The lowest BCUT2D eigenvalue weighted by atomic mass is 10.2. The van der Waals surface area contributed by atoms with Gasteiger partial charge in [-0.25, -0.2) is 4.79 Å². The molecule has 0 aliphatic carbocycles. The Morgan fingerprint density at radius 1 is 1.48 bits per heavy atom. The molecular formula is C15H17N3O4S. The Bertz CT molecular complexity index is 640. The van der Waals surface area contributed by atoms with E-state index in [1.54, 1.807) is 18.2 Å².